The Hall–Kier alpha value is -2.41. The minimum absolute atomic E-state index is 0.0661. The Kier molecular flexibility index (Phi) is 7.91. The molecule has 0 saturated heterocycles. The van der Waals surface area contributed by atoms with Crippen LogP contribution in [0.2, 0.25) is 0 Å². The van der Waals surface area contributed by atoms with Gasteiger partial charge in [0.05, 0.1) is 24.9 Å². The lowest BCUT2D eigenvalue weighted by Gasteiger charge is -2.18. The monoisotopic (exact) mass is 336 g/mol. The van der Waals surface area contributed by atoms with Crippen molar-refractivity contribution >= 4 is 23.5 Å². The number of rotatable bonds is 8. The molecule has 0 saturated carbocycles. The van der Waals surface area contributed by atoms with Gasteiger partial charge in [-0.15, -0.1) is 0 Å². The highest BCUT2D eigenvalue weighted by Crippen LogP contribution is 2.15. The van der Waals surface area contributed by atoms with E-state index in [2.05, 4.69) is 10.6 Å². The zero-order chi connectivity index (χ0) is 18.1. The van der Waals surface area contributed by atoms with Crippen LogP contribution in [0.3, 0.4) is 0 Å². The number of hydrogen-bond donors (Lipinski definition) is 3. The molecule has 1 atom stereocenters. The lowest BCUT2D eigenvalue weighted by Crippen LogP contribution is -3.14. The van der Waals surface area contributed by atoms with E-state index in [4.69, 9.17) is 4.74 Å². The Morgan fingerprint density at radius 3 is 2.33 bits per heavy atom. The van der Waals surface area contributed by atoms with Crippen molar-refractivity contribution in [3.63, 3.8) is 0 Å². The number of hydrogen-bond acceptors (Lipinski definition) is 4. The van der Waals surface area contributed by atoms with Gasteiger partial charge in [0.2, 0.25) is 0 Å². The highest BCUT2D eigenvalue weighted by molar-refractivity contribution is 6.01. The minimum Gasteiger partial charge on any atom is -0.465 e. The maximum atomic E-state index is 12.2. The van der Waals surface area contributed by atoms with Crippen LogP contribution in [0.15, 0.2) is 24.3 Å². The number of carbonyl (C=O) groups is 3. The molecule has 0 aromatic heterocycles. The second-order valence-electron chi connectivity index (χ2n) is 5.76. The van der Waals surface area contributed by atoms with E-state index in [1.54, 1.807) is 24.3 Å². The van der Waals surface area contributed by atoms with Gasteiger partial charge in [-0.05, 0) is 32.9 Å². The van der Waals surface area contributed by atoms with Crippen molar-refractivity contribution < 1.29 is 24.0 Å². The van der Waals surface area contributed by atoms with Crippen LogP contribution in [0.25, 0.3) is 0 Å². The first kappa shape index (κ1) is 19.6. The molecule has 0 fully saturated rings. The largest absolute Gasteiger partial charge is 0.465 e. The van der Waals surface area contributed by atoms with Crippen molar-refractivity contribution in [2.24, 2.45) is 0 Å². The molecule has 0 radical (unpaired) electrons. The summed E-state index contributed by atoms with van der Waals surface area (Å²) in [6, 6.07) is 6.71. The van der Waals surface area contributed by atoms with Crippen LogP contribution >= 0.6 is 0 Å². The first-order valence-electron chi connectivity index (χ1n) is 7.97. The number of benzene rings is 1. The van der Waals surface area contributed by atoms with Crippen molar-refractivity contribution in [2.45, 2.75) is 26.8 Å². The van der Waals surface area contributed by atoms with E-state index in [0.29, 0.717) is 17.8 Å². The van der Waals surface area contributed by atoms with E-state index < -0.39 is 5.97 Å². The second-order valence-corrected chi connectivity index (χ2v) is 5.76. The fourth-order valence-electron chi connectivity index (χ4n) is 2.21. The average Bonchev–Trinajstić information content (AvgIpc) is 2.53. The maximum absolute atomic E-state index is 12.2. The molecule has 1 aromatic rings. The van der Waals surface area contributed by atoms with Crippen LogP contribution < -0.4 is 15.5 Å². The lowest BCUT2D eigenvalue weighted by molar-refractivity contribution is -0.881. The third-order valence-corrected chi connectivity index (χ3v) is 3.38. The summed E-state index contributed by atoms with van der Waals surface area (Å²) in [5.74, 6) is -0.868. The van der Waals surface area contributed by atoms with Gasteiger partial charge in [0.1, 0.15) is 0 Å². The molecule has 0 aliphatic carbocycles. The molecule has 7 nitrogen and oxygen atoms in total. The summed E-state index contributed by atoms with van der Waals surface area (Å²) < 4.78 is 4.70. The molecule has 7 heteroatoms. The van der Waals surface area contributed by atoms with Crippen LogP contribution in [0, 0.1) is 0 Å². The predicted molar refractivity (Wildman–Crippen MR) is 90.9 cm³/mol. The highest BCUT2D eigenvalue weighted by atomic mass is 16.5. The number of anilines is 1. The van der Waals surface area contributed by atoms with Crippen LogP contribution in [-0.4, -0.2) is 50.6 Å². The molecule has 0 bridgehead atoms. The molecule has 0 spiro atoms. The molecule has 0 aliphatic rings. The van der Waals surface area contributed by atoms with Gasteiger partial charge in [-0.3, -0.25) is 9.59 Å². The van der Waals surface area contributed by atoms with Crippen molar-refractivity contribution in [1.29, 1.82) is 0 Å². The fourth-order valence-corrected chi connectivity index (χ4v) is 2.21. The SMILES string of the molecule is CC[NH+](CC(=O)Nc1ccccc1C(=O)OC)CC(=O)NC(C)C. The lowest BCUT2D eigenvalue weighted by atomic mass is 10.2. The normalized spacial score (nSPS) is 11.7. The number of ether oxygens (including phenoxy) is 1. The van der Waals surface area contributed by atoms with E-state index in [0.717, 1.165) is 4.90 Å². The van der Waals surface area contributed by atoms with Crippen LogP contribution in [0.1, 0.15) is 31.1 Å². The van der Waals surface area contributed by atoms with Gasteiger partial charge in [0.25, 0.3) is 11.8 Å². The van der Waals surface area contributed by atoms with Gasteiger partial charge < -0.3 is 20.3 Å². The smallest absolute Gasteiger partial charge is 0.339 e. The zero-order valence-electron chi connectivity index (χ0n) is 14.6. The molecule has 1 rings (SSSR count). The Morgan fingerprint density at radius 1 is 1.12 bits per heavy atom. The molecule has 132 valence electrons. The Balaban J connectivity index is 2.68. The van der Waals surface area contributed by atoms with Crippen molar-refractivity contribution in [3.8, 4) is 0 Å². The molecule has 3 N–H and O–H groups in total. The summed E-state index contributed by atoms with van der Waals surface area (Å²) in [6.45, 7) is 6.68. The molecular formula is C17H26N3O4+. The Bertz CT molecular complexity index is 587. The summed E-state index contributed by atoms with van der Waals surface area (Å²) in [5.41, 5.74) is 0.695. The van der Waals surface area contributed by atoms with Gasteiger partial charge in [-0.2, -0.15) is 0 Å². The van der Waals surface area contributed by atoms with Crippen molar-refractivity contribution in [3.05, 3.63) is 29.8 Å². The third kappa shape index (κ3) is 6.37. The number of esters is 1. The van der Waals surface area contributed by atoms with Crippen molar-refractivity contribution in [2.75, 3.05) is 32.1 Å². The number of carbonyl (C=O) groups excluding carboxylic acids is 3. The molecule has 24 heavy (non-hydrogen) atoms. The number of methoxy groups -OCH3 is 1. The first-order chi connectivity index (χ1) is 11.4. The van der Waals surface area contributed by atoms with Gasteiger partial charge in [-0.25, -0.2) is 4.79 Å². The molecule has 0 aliphatic heterocycles. The molecule has 0 heterocycles. The van der Waals surface area contributed by atoms with Crippen molar-refractivity contribution in [1.82, 2.24) is 5.32 Å². The van der Waals surface area contributed by atoms with Gasteiger partial charge in [-0.1, -0.05) is 12.1 Å². The predicted octanol–water partition coefficient (Wildman–Crippen LogP) is -0.159. The maximum Gasteiger partial charge on any atom is 0.339 e. The van der Waals surface area contributed by atoms with E-state index in [9.17, 15) is 14.4 Å². The number of quaternary nitrogens is 1. The number of likely N-dealkylation sites (N-methyl/N-ethyl adjacent to an activating group) is 1. The Labute approximate surface area is 142 Å². The van der Waals surface area contributed by atoms with E-state index in [1.165, 1.54) is 7.11 Å². The van der Waals surface area contributed by atoms with Gasteiger partial charge in [0.15, 0.2) is 13.1 Å². The first-order valence-corrected chi connectivity index (χ1v) is 7.97. The minimum atomic E-state index is -0.512. The van der Waals surface area contributed by atoms with E-state index in [-0.39, 0.29) is 30.9 Å². The number of para-hydroxylation sites is 1. The van der Waals surface area contributed by atoms with Crippen LogP contribution in [-0.2, 0) is 14.3 Å². The number of amides is 2. The van der Waals surface area contributed by atoms with Gasteiger partial charge in [0, 0.05) is 6.04 Å². The standard InChI is InChI=1S/C17H25N3O4/c1-5-20(10-15(21)18-12(2)3)11-16(22)19-14-9-7-6-8-13(14)17(23)24-4/h6-9,12H,5,10-11H2,1-4H3,(H,18,21)(H,19,22)/p+1. The highest BCUT2D eigenvalue weighted by Gasteiger charge is 2.19. The molecular weight excluding hydrogens is 310 g/mol. The number of nitrogens with one attached hydrogen (secondary N) is 3. The summed E-state index contributed by atoms with van der Waals surface area (Å²) in [7, 11) is 1.29. The Morgan fingerprint density at radius 2 is 1.75 bits per heavy atom. The molecule has 1 unspecified atom stereocenters. The fraction of sp³-hybridized carbons (Fsp3) is 0.471. The topological polar surface area (TPSA) is 88.9 Å². The van der Waals surface area contributed by atoms with E-state index >= 15 is 0 Å². The quantitative estimate of drug-likeness (QED) is 0.576. The summed E-state index contributed by atoms with van der Waals surface area (Å²) in [5, 5.41) is 5.52. The van der Waals surface area contributed by atoms with E-state index in [1.807, 2.05) is 20.8 Å². The summed E-state index contributed by atoms with van der Waals surface area (Å²) in [6.07, 6.45) is 0. The van der Waals surface area contributed by atoms with Crippen LogP contribution in [0.4, 0.5) is 5.69 Å². The van der Waals surface area contributed by atoms with Gasteiger partial charge >= 0.3 is 5.97 Å². The molecule has 1 aromatic carbocycles. The van der Waals surface area contributed by atoms with Crippen LogP contribution in [0.5, 0.6) is 0 Å². The zero-order valence-corrected chi connectivity index (χ0v) is 14.6. The second kappa shape index (κ2) is 9.67. The summed E-state index contributed by atoms with van der Waals surface area (Å²) in [4.78, 5) is 36.6. The average molecular weight is 336 g/mol. The summed E-state index contributed by atoms with van der Waals surface area (Å²) >= 11 is 0. The molecule has 2 amide bonds. The third-order valence-electron chi connectivity index (χ3n) is 3.38.